The first-order valence-electron chi connectivity index (χ1n) is 4.90. The number of hydrogen-bond donors (Lipinski definition) is 1. The lowest BCUT2D eigenvalue weighted by molar-refractivity contribution is -0.141. The van der Waals surface area contributed by atoms with Crippen LogP contribution in [0.15, 0.2) is 22.1 Å². The van der Waals surface area contributed by atoms with Crippen molar-refractivity contribution < 1.29 is 9.53 Å². The van der Waals surface area contributed by atoms with E-state index in [1.807, 2.05) is 12.2 Å². The van der Waals surface area contributed by atoms with Crippen LogP contribution in [0.5, 0.6) is 0 Å². The van der Waals surface area contributed by atoms with Crippen LogP contribution in [0.25, 0.3) is 0 Å². The Morgan fingerprint density at radius 2 is 2.53 bits per heavy atom. The monoisotopic (exact) mass is 209 g/mol. The van der Waals surface area contributed by atoms with Gasteiger partial charge in [-0.1, -0.05) is 6.08 Å². The minimum atomic E-state index is -0.268. The number of ether oxygens (including phenoxy) is 1. The molecule has 0 amide bonds. The zero-order valence-corrected chi connectivity index (χ0v) is 8.77. The summed E-state index contributed by atoms with van der Waals surface area (Å²) in [6.07, 6.45) is 5.63. The third-order valence-corrected chi connectivity index (χ3v) is 1.71. The fraction of sp³-hybridized carbons (Fsp3) is 0.500. The number of nitrogens with one attached hydrogen (secondary N) is 1. The van der Waals surface area contributed by atoms with Crippen LogP contribution in [0.2, 0.25) is 0 Å². The highest BCUT2D eigenvalue weighted by Crippen LogP contribution is 1.91. The largest absolute Gasteiger partial charge is 0.466 e. The number of rotatable bonds is 3. The normalized spacial score (nSPS) is 17.8. The molecule has 0 aliphatic carbocycles. The first-order chi connectivity index (χ1) is 7.33. The minimum absolute atomic E-state index is 0.178. The van der Waals surface area contributed by atoms with Gasteiger partial charge < -0.3 is 10.1 Å². The van der Waals surface area contributed by atoms with Gasteiger partial charge in [0.05, 0.1) is 6.61 Å². The molecule has 1 heterocycles. The maximum absolute atomic E-state index is 11.2. The van der Waals surface area contributed by atoms with Crippen molar-refractivity contribution in [1.82, 2.24) is 5.32 Å². The molecule has 15 heavy (non-hydrogen) atoms. The molecule has 0 aromatic heterocycles. The summed E-state index contributed by atoms with van der Waals surface area (Å²) in [5.74, 6) is 0.355. The lowest BCUT2D eigenvalue weighted by Gasteiger charge is -2.06. The zero-order valence-electron chi connectivity index (χ0n) is 8.77. The molecule has 1 rings (SSSR count). The van der Waals surface area contributed by atoms with Crippen LogP contribution in [0.4, 0.5) is 0 Å². The van der Waals surface area contributed by atoms with Gasteiger partial charge in [0.15, 0.2) is 0 Å². The lowest BCUT2D eigenvalue weighted by Crippen LogP contribution is -2.27. The van der Waals surface area contributed by atoms with Gasteiger partial charge in [0, 0.05) is 12.8 Å². The van der Waals surface area contributed by atoms with E-state index in [1.165, 1.54) is 0 Å². The summed E-state index contributed by atoms with van der Waals surface area (Å²) in [6.45, 7) is 3.16. The SMILES string of the molecule is CCOC(=O)CC1=NCN=C/C=C\CN1. The summed E-state index contributed by atoms with van der Waals surface area (Å²) in [7, 11) is 0. The summed E-state index contributed by atoms with van der Waals surface area (Å²) in [5.41, 5.74) is 0. The van der Waals surface area contributed by atoms with Crippen molar-refractivity contribution in [2.45, 2.75) is 13.3 Å². The first kappa shape index (κ1) is 11.4. The van der Waals surface area contributed by atoms with Gasteiger partial charge >= 0.3 is 5.97 Å². The Hall–Kier alpha value is -1.65. The summed E-state index contributed by atoms with van der Waals surface area (Å²) in [6, 6.07) is 0. The Balaban J connectivity index is 2.48. The molecule has 0 saturated heterocycles. The molecular formula is C10H15N3O2. The van der Waals surface area contributed by atoms with Crippen LogP contribution in [0.3, 0.4) is 0 Å². The van der Waals surface area contributed by atoms with Gasteiger partial charge in [-0.05, 0) is 13.0 Å². The Morgan fingerprint density at radius 3 is 3.33 bits per heavy atom. The molecule has 1 aliphatic heterocycles. The number of nitrogens with zero attached hydrogens (tertiary/aromatic N) is 2. The van der Waals surface area contributed by atoms with Crippen LogP contribution in [-0.2, 0) is 9.53 Å². The fourth-order valence-electron chi connectivity index (χ4n) is 1.06. The smallest absolute Gasteiger partial charge is 0.313 e. The molecule has 0 spiro atoms. The van der Waals surface area contributed by atoms with E-state index < -0.39 is 0 Å². The number of hydrogen-bond acceptors (Lipinski definition) is 5. The Labute approximate surface area is 88.9 Å². The Bertz CT molecular complexity index is 295. The van der Waals surface area contributed by atoms with Gasteiger partial charge in [-0.3, -0.25) is 9.79 Å². The summed E-state index contributed by atoms with van der Waals surface area (Å²) in [4.78, 5) is 19.3. The second kappa shape index (κ2) is 6.75. The maximum Gasteiger partial charge on any atom is 0.313 e. The van der Waals surface area contributed by atoms with Crippen molar-refractivity contribution in [3.8, 4) is 0 Å². The summed E-state index contributed by atoms with van der Waals surface area (Å²) >= 11 is 0. The standard InChI is InChI=1S/C10H15N3O2/c1-2-15-10(14)7-9-12-6-4-3-5-11-8-13-9/h3-5H,2,6-8H2,1H3,(H,12,13)/b4-3-,11-5?. The molecule has 0 radical (unpaired) electrons. The average molecular weight is 209 g/mol. The van der Waals surface area contributed by atoms with Crippen molar-refractivity contribution in [1.29, 1.82) is 0 Å². The van der Waals surface area contributed by atoms with Crippen LogP contribution in [0, 0.1) is 0 Å². The van der Waals surface area contributed by atoms with E-state index >= 15 is 0 Å². The highest BCUT2D eigenvalue weighted by atomic mass is 16.5. The van der Waals surface area contributed by atoms with E-state index in [2.05, 4.69) is 15.3 Å². The quantitative estimate of drug-likeness (QED) is 0.689. The Kier molecular flexibility index (Phi) is 5.14. The van der Waals surface area contributed by atoms with Crippen molar-refractivity contribution in [2.24, 2.45) is 9.98 Å². The second-order valence-corrected chi connectivity index (χ2v) is 2.87. The minimum Gasteiger partial charge on any atom is -0.466 e. The van der Waals surface area contributed by atoms with E-state index in [0.717, 1.165) is 0 Å². The molecule has 5 nitrogen and oxygen atoms in total. The summed E-state index contributed by atoms with van der Waals surface area (Å²) < 4.78 is 4.83. The number of allylic oxidation sites excluding steroid dienone is 1. The average Bonchev–Trinajstić information content (AvgIpc) is 2.32. The van der Waals surface area contributed by atoms with E-state index in [-0.39, 0.29) is 12.4 Å². The first-order valence-corrected chi connectivity index (χ1v) is 4.90. The zero-order chi connectivity index (χ0) is 10.9. The van der Waals surface area contributed by atoms with Gasteiger partial charge in [0.1, 0.15) is 18.9 Å². The molecule has 0 fully saturated rings. The fourth-order valence-corrected chi connectivity index (χ4v) is 1.06. The molecule has 0 bridgehead atoms. The highest BCUT2D eigenvalue weighted by molar-refractivity contribution is 5.97. The highest BCUT2D eigenvalue weighted by Gasteiger charge is 2.07. The van der Waals surface area contributed by atoms with Crippen LogP contribution in [-0.4, -0.2) is 37.8 Å². The van der Waals surface area contributed by atoms with Crippen molar-refractivity contribution in [2.75, 3.05) is 19.8 Å². The van der Waals surface area contributed by atoms with Crippen LogP contribution >= 0.6 is 0 Å². The van der Waals surface area contributed by atoms with E-state index in [1.54, 1.807) is 13.1 Å². The van der Waals surface area contributed by atoms with Gasteiger partial charge in [-0.15, -0.1) is 0 Å². The molecule has 0 atom stereocenters. The van der Waals surface area contributed by atoms with Crippen LogP contribution in [0.1, 0.15) is 13.3 Å². The predicted octanol–water partition coefficient (Wildman–Crippen LogP) is 0.526. The van der Waals surface area contributed by atoms with E-state index in [0.29, 0.717) is 25.7 Å². The van der Waals surface area contributed by atoms with E-state index in [9.17, 15) is 4.79 Å². The molecular weight excluding hydrogens is 194 g/mol. The molecule has 0 unspecified atom stereocenters. The van der Waals surface area contributed by atoms with Gasteiger partial charge in [0.25, 0.3) is 0 Å². The predicted molar refractivity (Wildman–Crippen MR) is 59.2 cm³/mol. The molecule has 0 aromatic rings. The number of aliphatic imine (C=N–C) groups is 2. The van der Waals surface area contributed by atoms with Crippen molar-refractivity contribution in [3.05, 3.63) is 12.2 Å². The van der Waals surface area contributed by atoms with Gasteiger partial charge in [-0.25, -0.2) is 4.99 Å². The lowest BCUT2D eigenvalue weighted by atomic mass is 10.4. The van der Waals surface area contributed by atoms with Crippen molar-refractivity contribution >= 4 is 18.0 Å². The number of carbonyl (C=O) groups excluding carboxylic acids is 1. The number of esters is 1. The molecule has 0 saturated carbocycles. The molecule has 82 valence electrons. The van der Waals surface area contributed by atoms with Crippen molar-refractivity contribution in [3.63, 3.8) is 0 Å². The number of amidine groups is 1. The Morgan fingerprint density at radius 1 is 1.67 bits per heavy atom. The third kappa shape index (κ3) is 4.95. The molecule has 0 aromatic carbocycles. The van der Waals surface area contributed by atoms with Crippen LogP contribution < -0.4 is 5.32 Å². The number of carbonyl (C=O) groups is 1. The third-order valence-electron chi connectivity index (χ3n) is 1.71. The summed E-state index contributed by atoms with van der Waals surface area (Å²) in [5, 5.41) is 3.03. The van der Waals surface area contributed by atoms with E-state index in [4.69, 9.17) is 4.74 Å². The molecule has 5 heteroatoms. The van der Waals surface area contributed by atoms with Gasteiger partial charge in [-0.2, -0.15) is 0 Å². The van der Waals surface area contributed by atoms with Gasteiger partial charge in [0.2, 0.25) is 0 Å². The second-order valence-electron chi connectivity index (χ2n) is 2.87. The maximum atomic E-state index is 11.2. The topological polar surface area (TPSA) is 63.0 Å². The molecule has 1 aliphatic rings. The molecule has 1 N–H and O–H groups in total.